The number of rotatable bonds is 9. The smallest absolute Gasteiger partial charge is 0.262 e. The average Bonchev–Trinajstić information content (AvgIpc) is 2.75. The van der Waals surface area contributed by atoms with Gasteiger partial charge in [-0.05, 0) is 30.5 Å². The van der Waals surface area contributed by atoms with E-state index in [-0.39, 0.29) is 17.2 Å². The van der Waals surface area contributed by atoms with Gasteiger partial charge in [-0.1, -0.05) is 54.2 Å². The first-order chi connectivity index (χ1) is 14.2. The van der Waals surface area contributed by atoms with E-state index >= 15 is 0 Å². The summed E-state index contributed by atoms with van der Waals surface area (Å²) in [7, 11) is 0. The Bertz CT molecular complexity index is 1070. The number of benzene rings is 2. The molecule has 0 radical (unpaired) electrons. The van der Waals surface area contributed by atoms with Crippen molar-refractivity contribution in [2.24, 2.45) is 0 Å². The van der Waals surface area contributed by atoms with E-state index in [2.05, 4.69) is 16.4 Å². The lowest BCUT2D eigenvalue weighted by atomic mass is 10.1. The van der Waals surface area contributed by atoms with Gasteiger partial charge in [-0.2, -0.15) is 5.26 Å². The first kappa shape index (κ1) is 20.6. The van der Waals surface area contributed by atoms with E-state index in [0.29, 0.717) is 42.0 Å². The van der Waals surface area contributed by atoms with Crippen molar-refractivity contribution in [3.63, 3.8) is 0 Å². The first-order valence-corrected chi connectivity index (χ1v) is 10.5. The van der Waals surface area contributed by atoms with Crippen molar-refractivity contribution >= 4 is 28.6 Å². The molecule has 0 unspecified atom stereocenters. The molecule has 1 amide bonds. The Morgan fingerprint density at radius 1 is 1.14 bits per heavy atom. The molecule has 3 rings (SSSR count). The van der Waals surface area contributed by atoms with Crippen molar-refractivity contribution in [3.05, 3.63) is 70.5 Å². The third kappa shape index (κ3) is 5.69. The lowest BCUT2D eigenvalue weighted by molar-refractivity contribution is -0.121. The molecule has 148 valence electrons. The number of amides is 1. The Labute approximate surface area is 173 Å². The van der Waals surface area contributed by atoms with Crippen LogP contribution < -0.4 is 10.9 Å². The van der Waals surface area contributed by atoms with Crippen molar-refractivity contribution in [2.75, 3.05) is 12.3 Å². The molecule has 1 heterocycles. The van der Waals surface area contributed by atoms with Gasteiger partial charge in [0.25, 0.3) is 5.56 Å². The molecule has 0 fully saturated rings. The quantitative estimate of drug-likeness (QED) is 0.436. The number of carbonyl (C=O) groups is 1. The number of hydrogen-bond donors (Lipinski definition) is 1. The second-order valence-corrected chi connectivity index (χ2v) is 7.45. The molecule has 0 atom stereocenters. The lowest BCUT2D eigenvalue weighted by Gasteiger charge is -2.12. The molecule has 0 aliphatic rings. The zero-order valence-electron chi connectivity index (χ0n) is 16.0. The molecule has 3 aromatic rings. The van der Waals surface area contributed by atoms with Gasteiger partial charge in [0.05, 0.1) is 22.7 Å². The minimum atomic E-state index is -0.138. The summed E-state index contributed by atoms with van der Waals surface area (Å²) in [5.41, 5.74) is 1.66. The van der Waals surface area contributed by atoms with Crippen molar-refractivity contribution in [1.29, 1.82) is 5.26 Å². The summed E-state index contributed by atoms with van der Waals surface area (Å²) in [5.74, 6) is 0.180. The van der Waals surface area contributed by atoms with E-state index in [9.17, 15) is 9.59 Å². The SMILES string of the molecule is N#CCSc1nc2ccccc2c(=O)n1CCCC(=O)NCCc1ccccc1. The topological polar surface area (TPSA) is 87.8 Å². The third-order valence-electron chi connectivity index (χ3n) is 4.46. The van der Waals surface area contributed by atoms with Gasteiger partial charge in [0, 0.05) is 19.5 Å². The number of nitrogens with zero attached hydrogens (tertiary/aromatic N) is 3. The van der Waals surface area contributed by atoms with E-state index in [1.54, 1.807) is 22.8 Å². The fourth-order valence-electron chi connectivity index (χ4n) is 3.03. The molecule has 0 aliphatic heterocycles. The molecular weight excluding hydrogens is 384 g/mol. The fourth-order valence-corrected chi connectivity index (χ4v) is 3.72. The number of nitriles is 1. The van der Waals surface area contributed by atoms with Crippen LogP contribution in [0.3, 0.4) is 0 Å². The highest BCUT2D eigenvalue weighted by molar-refractivity contribution is 7.99. The zero-order valence-corrected chi connectivity index (χ0v) is 16.8. The van der Waals surface area contributed by atoms with Crippen molar-refractivity contribution < 1.29 is 4.79 Å². The molecule has 0 saturated heterocycles. The van der Waals surface area contributed by atoms with E-state index < -0.39 is 0 Å². The number of hydrogen-bond acceptors (Lipinski definition) is 5. The molecule has 1 aromatic heterocycles. The Kier molecular flexibility index (Phi) is 7.42. The van der Waals surface area contributed by atoms with Gasteiger partial charge in [0.2, 0.25) is 5.91 Å². The number of fused-ring (bicyclic) bond motifs is 1. The van der Waals surface area contributed by atoms with Crippen LogP contribution in [-0.2, 0) is 17.8 Å². The maximum atomic E-state index is 12.8. The normalized spacial score (nSPS) is 10.6. The van der Waals surface area contributed by atoms with E-state index in [0.717, 1.165) is 6.42 Å². The van der Waals surface area contributed by atoms with Gasteiger partial charge in [-0.3, -0.25) is 14.2 Å². The second kappa shape index (κ2) is 10.4. The Hall–Kier alpha value is -3.11. The van der Waals surface area contributed by atoms with Gasteiger partial charge < -0.3 is 5.32 Å². The maximum Gasteiger partial charge on any atom is 0.262 e. The summed E-state index contributed by atoms with van der Waals surface area (Å²) in [4.78, 5) is 29.5. The largest absolute Gasteiger partial charge is 0.356 e. The Balaban J connectivity index is 1.59. The van der Waals surface area contributed by atoms with Gasteiger partial charge in [0.1, 0.15) is 0 Å². The first-order valence-electron chi connectivity index (χ1n) is 9.49. The molecule has 0 bridgehead atoms. The van der Waals surface area contributed by atoms with Gasteiger partial charge in [-0.15, -0.1) is 0 Å². The number of nitrogens with one attached hydrogen (secondary N) is 1. The Morgan fingerprint density at radius 2 is 1.90 bits per heavy atom. The minimum Gasteiger partial charge on any atom is -0.356 e. The standard InChI is InChI=1S/C22H22N4O2S/c23-13-16-29-22-25-19-10-5-4-9-18(19)21(28)26(22)15-6-11-20(27)24-14-12-17-7-2-1-3-8-17/h1-5,7-10H,6,11-12,14-16H2,(H,24,27). The van der Waals surface area contributed by atoms with Crippen LogP contribution in [-0.4, -0.2) is 27.8 Å². The molecule has 0 spiro atoms. The van der Waals surface area contributed by atoms with Crippen molar-refractivity contribution in [3.8, 4) is 6.07 Å². The van der Waals surface area contributed by atoms with Gasteiger partial charge in [0.15, 0.2) is 5.16 Å². The molecular formula is C22H22N4O2S. The van der Waals surface area contributed by atoms with Crippen molar-refractivity contribution in [2.45, 2.75) is 31.0 Å². The third-order valence-corrected chi connectivity index (χ3v) is 5.30. The zero-order chi connectivity index (χ0) is 20.5. The summed E-state index contributed by atoms with van der Waals surface area (Å²) in [6.45, 7) is 0.972. The predicted molar refractivity (Wildman–Crippen MR) is 115 cm³/mol. The van der Waals surface area contributed by atoms with Crippen LogP contribution in [0.15, 0.2) is 64.5 Å². The van der Waals surface area contributed by atoms with Crippen LogP contribution in [0.4, 0.5) is 0 Å². The molecule has 29 heavy (non-hydrogen) atoms. The second-order valence-electron chi connectivity index (χ2n) is 6.50. The van der Waals surface area contributed by atoms with Crippen LogP contribution in [0.1, 0.15) is 18.4 Å². The summed E-state index contributed by atoms with van der Waals surface area (Å²) >= 11 is 1.24. The van der Waals surface area contributed by atoms with Crippen molar-refractivity contribution in [1.82, 2.24) is 14.9 Å². The number of aromatic nitrogens is 2. The average molecular weight is 407 g/mol. The van der Waals surface area contributed by atoms with Crippen LogP contribution in [0, 0.1) is 11.3 Å². The lowest BCUT2D eigenvalue weighted by Crippen LogP contribution is -2.27. The van der Waals surface area contributed by atoms with Gasteiger partial charge in [-0.25, -0.2) is 4.98 Å². The highest BCUT2D eigenvalue weighted by atomic mass is 32.2. The highest BCUT2D eigenvalue weighted by Gasteiger charge is 2.12. The van der Waals surface area contributed by atoms with E-state index in [1.807, 2.05) is 36.4 Å². The Morgan fingerprint density at radius 3 is 2.69 bits per heavy atom. The summed E-state index contributed by atoms with van der Waals surface area (Å²) in [6, 6.07) is 19.2. The van der Waals surface area contributed by atoms with Crippen LogP contribution in [0.2, 0.25) is 0 Å². The molecule has 6 nitrogen and oxygen atoms in total. The molecule has 7 heteroatoms. The summed E-state index contributed by atoms with van der Waals surface area (Å²) in [5, 5.41) is 12.9. The van der Waals surface area contributed by atoms with Crippen LogP contribution >= 0.6 is 11.8 Å². The molecule has 0 saturated carbocycles. The summed E-state index contributed by atoms with van der Waals surface area (Å²) in [6.07, 6.45) is 1.64. The monoisotopic (exact) mass is 406 g/mol. The van der Waals surface area contributed by atoms with Crippen LogP contribution in [0.25, 0.3) is 10.9 Å². The fraction of sp³-hybridized carbons (Fsp3) is 0.273. The molecule has 0 aliphatic carbocycles. The van der Waals surface area contributed by atoms with E-state index in [4.69, 9.17) is 5.26 Å². The van der Waals surface area contributed by atoms with Crippen LogP contribution in [0.5, 0.6) is 0 Å². The number of thioether (sulfide) groups is 1. The van der Waals surface area contributed by atoms with Gasteiger partial charge >= 0.3 is 0 Å². The summed E-state index contributed by atoms with van der Waals surface area (Å²) < 4.78 is 1.57. The number of para-hydroxylation sites is 1. The predicted octanol–water partition coefficient (Wildman–Crippen LogP) is 3.15. The number of carbonyl (C=O) groups excluding carboxylic acids is 1. The molecule has 2 aromatic carbocycles. The maximum absolute atomic E-state index is 12.8. The minimum absolute atomic E-state index is 0.0334. The molecule has 1 N–H and O–H groups in total. The highest BCUT2D eigenvalue weighted by Crippen LogP contribution is 2.17. The van der Waals surface area contributed by atoms with E-state index in [1.165, 1.54) is 17.3 Å².